The fraction of sp³-hybridized carbons (Fsp3) is 0.292. The summed E-state index contributed by atoms with van der Waals surface area (Å²) in [5.41, 5.74) is -0.281. The number of aryl methyl sites for hydroxylation is 1. The first kappa shape index (κ1) is 25.8. The minimum absolute atomic E-state index is 0.0161. The Bertz CT molecular complexity index is 1270. The fourth-order valence-electron chi connectivity index (χ4n) is 3.53. The molecule has 0 unspecified atom stereocenters. The summed E-state index contributed by atoms with van der Waals surface area (Å²) in [5, 5.41) is 12.0. The van der Waals surface area contributed by atoms with E-state index >= 15 is 0 Å². The Labute approximate surface area is 199 Å². The molecule has 1 heterocycles. The van der Waals surface area contributed by atoms with Crippen LogP contribution in [0.25, 0.3) is 11.4 Å². The molecule has 0 aliphatic carbocycles. The van der Waals surface area contributed by atoms with E-state index in [1.54, 1.807) is 25.1 Å². The smallest absolute Gasteiger partial charge is 0.416 e. The van der Waals surface area contributed by atoms with Gasteiger partial charge in [0.05, 0.1) is 19.8 Å². The molecule has 35 heavy (non-hydrogen) atoms. The van der Waals surface area contributed by atoms with Gasteiger partial charge in [-0.2, -0.15) is 13.2 Å². The van der Waals surface area contributed by atoms with E-state index in [1.807, 2.05) is 0 Å². The summed E-state index contributed by atoms with van der Waals surface area (Å²) in [4.78, 5) is 30.4. The highest BCUT2D eigenvalue weighted by atomic mass is 19.4. The van der Waals surface area contributed by atoms with Crippen molar-refractivity contribution in [2.75, 3.05) is 26.1 Å². The van der Waals surface area contributed by atoms with Gasteiger partial charge in [-0.3, -0.25) is 14.2 Å². The maximum absolute atomic E-state index is 13.2. The summed E-state index contributed by atoms with van der Waals surface area (Å²) < 4.78 is 50.4. The molecule has 0 atom stereocenters. The number of carbonyl (C=O) groups is 1. The number of anilines is 1. The van der Waals surface area contributed by atoms with E-state index in [2.05, 4.69) is 10.3 Å². The molecule has 1 amide bonds. The van der Waals surface area contributed by atoms with Gasteiger partial charge in [0.2, 0.25) is 5.91 Å². The van der Waals surface area contributed by atoms with Crippen molar-refractivity contribution in [2.24, 2.45) is 0 Å². The molecule has 0 aliphatic heterocycles. The summed E-state index contributed by atoms with van der Waals surface area (Å²) in [5.74, 6) is 0.302. The molecule has 8 nitrogen and oxygen atoms in total. The molecule has 3 rings (SSSR count). The predicted octanol–water partition coefficient (Wildman–Crippen LogP) is 3.43. The number of methoxy groups -OCH3 is 2. The van der Waals surface area contributed by atoms with Crippen molar-refractivity contribution in [1.29, 1.82) is 0 Å². The van der Waals surface area contributed by atoms with Crippen LogP contribution >= 0.6 is 0 Å². The van der Waals surface area contributed by atoms with Gasteiger partial charge < -0.3 is 19.9 Å². The minimum Gasteiger partial charge on any atom is -0.493 e. The zero-order valence-electron chi connectivity index (χ0n) is 19.3. The van der Waals surface area contributed by atoms with E-state index in [0.717, 1.165) is 16.7 Å². The van der Waals surface area contributed by atoms with Crippen molar-refractivity contribution in [3.05, 3.63) is 69.6 Å². The van der Waals surface area contributed by atoms with Crippen molar-refractivity contribution in [1.82, 2.24) is 9.55 Å². The highest BCUT2D eigenvalue weighted by molar-refractivity contribution is 5.91. The zero-order chi connectivity index (χ0) is 25.8. The molecule has 2 N–H and O–H groups in total. The van der Waals surface area contributed by atoms with Gasteiger partial charge in [-0.25, -0.2) is 4.98 Å². The van der Waals surface area contributed by atoms with Crippen molar-refractivity contribution in [2.45, 2.75) is 26.1 Å². The Balaban J connectivity index is 2.00. The first-order valence-electron chi connectivity index (χ1n) is 10.5. The number of aliphatic hydroxyl groups is 1. The number of nitrogens with one attached hydrogen (secondary N) is 1. The number of hydrogen-bond donors (Lipinski definition) is 2. The number of aliphatic hydroxyl groups excluding tert-OH is 1. The molecule has 0 spiro atoms. The van der Waals surface area contributed by atoms with Crippen LogP contribution in [-0.4, -0.2) is 41.4 Å². The summed E-state index contributed by atoms with van der Waals surface area (Å²) in [7, 11) is 2.92. The van der Waals surface area contributed by atoms with Crippen molar-refractivity contribution in [3.63, 3.8) is 0 Å². The first-order chi connectivity index (χ1) is 16.6. The molecule has 2 aromatic carbocycles. The highest BCUT2D eigenvalue weighted by Gasteiger charge is 2.30. The molecule has 186 valence electrons. The summed E-state index contributed by atoms with van der Waals surface area (Å²) >= 11 is 0. The average Bonchev–Trinajstić information content (AvgIpc) is 2.82. The Morgan fingerprint density at radius 1 is 1.09 bits per heavy atom. The second-order valence-corrected chi connectivity index (χ2v) is 7.56. The average molecular weight is 491 g/mol. The first-order valence-corrected chi connectivity index (χ1v) is 10.5. The molecule has 0 aliphatic rings. The van der Waals surface area contributed by atoms with Gasteiger partial charge in [0, 0.05) is 41.6 Å². The van der Waals surface area contributed by atoms with E-state index in [1.165, 1.54) is 26.4 Å². The number of benzene rings is 2. The van der Waals surface area contributed by atoms with Crippen LogP contribution in [0.15, 0.2) is 47.3 Å². The van der Waals surface area contributed by atoms with Crippen LogP contribution < -0.4 is 20.3 Å². The van der Waals surface area contributed by atoms with Gasteiger partial charge in [0.1, 0.15) is 12.4 Å². The quantitative estimate of drug-likeness (QED) is 0.501. The number of hydrogen-bond acceptors (Lipinski definition) is 6. The molecule has 0 bridgehead atoms. The lowest BCUT2D eigenvalue weighted by Crippen LogP contribution is -2.33. The van der Waals surface area contributed by atoms with E-state index in [4.69, 9.17) is 9.47 Å². The van der Waals surface area contributed by atoms with Crippen LogP contribution in [0.2, 0.25) is 0 Å². The van der Waals surface area contributed by atoms with Crippen LogP contribution in [0.3, 0.4) is 0 Å². The Morgan fingerprint density at radius 3 is 2.31 bits per heavy atom. The molecule has 1 aromatic heterocycles. The van der Waals surface area contributed by atoms with Gasteiger partial charge in [0.25, 0.3) is 5.56 Å². The van der Waals surface area contributed by atoms with Gasteiger partial charge in [-0.05, 0) is 31.2 Å². The third kappa shape index (κ3) is 5.80. The van der Waals surface area contributed by atoms with Crippen molar-refractivity contribution in [3.8, 4) is 22.9 Å². The standard InChI is InChI=1S/C24H24F3N3O5/c1-14-18(10-11-31)23(33)30(22(28-14)15-4-6-16(7-5-15)24(25,26)27)13-21(32)29-17-8-9-19(34-2)20(12-17)35-3/h4-9,12,31H,10-11,13H2,1-3H3,(H,29,32). The predicted molar refractivity (Wildman–Crippen MR) is 123 cm³/mol. The minimum atomic E-state index is -4.52. The van der Waals surface area contributed by atoms with Crippen LogP contribution in [-0.2, 0) is 23.9 Å². The zero-order valence-corrected chi connectivity index (χ0v) is 19.3. The van der Waals surface area contributed by atoms with Crippen LogP contribution in [0, 0.1) is 6.92 Å². The Morgan fingerprint density at radius 2 is 1.74 bits per heavy atom. The maximum Gasteiger partial charge on any atom is 0.416 e. The third-order valence-electron chi connectivity index (χ3n) is 5.27. The molecule has 11 heteroatoms. The number of aromatic nitrogens is 2. The second kappa shape index (κ2) is 10.6. The van der Waals surface area contributed by atoms with Gasteiger partial charge in [-0.15, -0.1) is 0 Å². The van der Waals surface area contributed by atoms with E-state index in [9.17, 15) is 27.9 Å². The summed E-state index contributed by atoms with van der Waals surface area (Å²) in [6.07, 6.45) is -4.51. The van der Waals surface area contributed by atoms with Crippen LogP contribution in [0.5, 0.6) is 11.5 Å². The molecular formula is C24H24F3N3O5. The van der Waals surface area contributed by atoms with E-state index in [0.29, 0.717) is 22.9 Å². The molecule has 0 radical (unpaired) electrons. The topological polar surface area (TPSA) is 103 Å². The van der Waals surface area contributed by atoms with Crippen molar-refractivity contribution < 1.29 is 32.5 Å². The fourth-order valence-corrected chi connectivity index (χ4v) is 3.53. The number of halogens is 3. The molecular weight excluding hydrogens is 467 g/mol. The number of ether oxygens (including phenoxy) is 2. The number of carbonyl (C=O) groups excluding carboxylic acids is 1. The van der Waals surface area contributed by atoms with E-state index in [-0.39, 0.29) is 30.0 Å². The lowest BCUT2D eigenvalue weighted by Gasteiger charge is -2.17. The largest absolute Gasteiger partial charge is 0.493 e. The Kier molecular flexibility index (Phi) is 7.80. The summed E-state index contributed by atoms with van der Waals surface area (Å²) in [6, 6.07) is 8.88. The van der Waals surface area contributed by atoms with Crippen LogP contribution in [0.4, 0.5) is 18.9 Å². The van der Waals surface area contributed by atoms with Crippen LogP contribution in [0.1, 0.15) is 16.8 Å². The number of amides is 1. The van der Waals surface area contributed by atoms with Gasteiger partial charge in [-0.1, -0.05) is 12.1 Å². The highest BCUT2D eigenvalue weighted by Crippen LogP contribution is 2.31. The molecule has 3 aromatic rings. The van der Waals surface area contributed by atoms with Crippen molar-refractivity contribution >= 4 is 11.6 Å². The molecule has 0 fully saturated rings. The lowest BCUT2D eigenvalue weighted by molar-refractivity contribution is -0.137. The number of nitrogens with zero attached hydrogens (tertiary/aromatic N) is 2. The monoisotopic (exact) mass is 491 g/mol. The summed E-state index contributed by atoms with van der Waals surface area (Å²) in [6.45, 7) is 0.790. The van der Waals surface area contributed by atoms with Gasteiger partial charge >= 0.3 is 6.18 Å². The molecule has 0 saturated heterocycles. The maximum atomic E-state index is 13.2. The number of alkyl halides is 3. The molecule has 0 saturated carbocycles. The Hall–Kier alpha value is -3.86. The van der Waals surface area contributed by atoms with Gasteiger partial charge in [0.15, 0.2) is 11.5 Å². The van der Waals surface area contributed by atoms with E-state index < -0.39 is 29.8 Å². The second-order valence-electron chi connectivity index (χ2n) is 7.56. The lowest BCUT2D eigenvalue weighted by atomic mass is 10.1. The third-order valence-corrected chi connectivity index (χ3v) is 5.27. The SMILES string of the molecule is COc1ccc(NC(=O)Cn2c(-c3ccc(C(F)(F)F)cc3)nc(C)c(CCO)c2=O)cc1OC. The number of rotatable bonds is 8. The normalized spacial score (nSPS) is 11.3.